The van der Waals surface area contributed by atoms with Crippen LogP contribution in [-0.2, 0) is 6.54 Å². The average Bonchev–Trinajstić information content (AvgIpc) is 2.26. The Balaban J connectivity index is 2.03. The lowest BCUT2D eigenvalue weighted by molar-refractivity contribution is 0.199. The van der Waals surface area contributed by atoms with E-state index in [9.17, 15) is 4.39 Å². The lowest BCUT2D eigenvalue weighted by atomic mass is 9.85. The summed E-state index contributed by atoms with van der Waals surface area (Å²) in [6, 6.07) is 5.24. The first-order chi connectivity index (χ1) is 8.58. The number of hydrogen-bond donors (Lipinski definition) is 1. The second kappa shape index (κ2) is 5.76. The van der Waals surface area contributed by atoms with Crippen molar-refractivity contribution in [3.8, 4) is 0 Å². The molecule has 2 nitrogen and oxygen atoms in total. The largest absolute Gasteiger partial charge is 0.389 e. The quantitative estimate of drug-likeness (QED) is 0.831. The maximum Gasteiger partial charge on any atom is 0.137 e. The summed E-state index contributed by atoms with van der Waals surface area (Å²) in [7, 11) is 2.03. The Morgan fingerprint density at radius 1 is 1.50 bits per heavy atom. The highest BCUT2D eigenvalue weighted by Crippen LogP contribution is 2.27. The van der Waals surface area contributed by atoms with Gasteiger partial charge in [-0.25, -0.2) is 4.39 Å². The van der Waals surface area contributed by atoms with Crippen LogP contribution < -0.4 is 5.73 Å². The van der Waals surface area contributed by atoms with E-state index in [1.165, 1.54) is 19.3 Å². The number of rotatable bonds is 5. The summed E-state index contributed by atoms with van der Waals surface area (Å²) in [5.74, 6) is 0.516. The predicted molar refractivity (Wildman–Crippen MR) is 76.0 cm³/mol. The molecular weight excluding hydrogens is 247 g/mol. The van der Waals surface area contributed by atoms with Crippen molar-refractivity contribution in [3.05, 3.63) is 35.1 Å². The number of thiocarbonyl (C=S) groups is 1. The molecule has 0 atom stereocenters. The molecule has 0 heterocycles. The molecular formula is C14H19FN2S. The standard InChI is InChI=1S/C14H19FN2S/c1-17(8-10-4-2-5-10)9-11-6-3-7-12(13(11)15)14(16)18/h3,6-7,10H,2,4-5,8-9H2,1H3,(H2,16,18). The van der Waals surface area contributed by atoms with Gasteiger partial charge in [-0.1, -0.05) is 30.8 Å². The number of nitrogens with zero attached hydrogens (tertiary/aromatic N) is 1. The SMILES string of the molecule is CN(Cc1cccc(C(N)=S)c1F)CC1CCC1. The van der Waals surface area contributed by atoms with E-state index in [1.54, 1.807) is 12.1 Å². The molecule has 0 unspecified atom stereocenters. The summed E-state index contributed by atoms with van der Waals surface area (Å²) in [5, 5.41) is 0. The van der Waals surface area contributed by atoms with Crippen molar-refractivity contribution in [2.24, 2.45) is 11.7 Å². The van der Waals surface area contributed by atoms with Gasteiger partial charge in [0.25, 0.3) is 0 Å². The van der Waals surface area contributed by atoms with E-state index in [-0.39, 0.29) is 10.8 Å². The van der Waals surface area contributed by atoms with Crippen LogP contribution >= 0.6 is 12.2 Å². The molecule has 1 aromatic rings. The first-order valence-electron chi connectivity index (χ1n) is 6.33. The highest BCUT2D eigenvalue weighted by atomic mass is 32.1. The van der Waals surface area contributed by atoms with Gasteiger partial charge >= 0.3 is 0 Å². The molecule has 18 heavy (non-hydrogen) atoms. The van der Waals surface area contributed by atoms with E-state index in [1.807, 2.05) is 13.1 Å². The highest BCUT2D eigenvalue weighted by molar-refractivity contribution is 7.80. The Morgan fingerprint density at radius 3 is 2.78 bits per heavy atom. The van der Waals surface area contributed by atoms with Crippen LogP contribution in [0.15, 0.2) is 18.2 Å². The summed E-state index contributed by atoms with van der Waals surface area (Å²) in [6.45, 7) is 1.65. The smallest absolute Gasteiger partial charge is 0.137 e. The molecule has 2 rings (SSSR count). The van der Waals surface area contributed by atoms with Gasteiger partial charge in [-0.3, -0.25) is 0 Å². The molecule has 1 fully saturated rings. The fourth-order valence-electron chi connectivity index (χ4n) is 2.36. The van der Waals surface area contributed by atoms with Gasteiger partial charge in [-0.05, 0) is 31.9 Å². The summed E-state index contributed by atoms with van der Waals surface area (Å²) in [5.41, 5.74) is 6.52. The van der Waals surface area contributed by atoms with E-state index < -0.39 is 0 Å². The van der Waals surface area contributed by atoms with E-state index in [4.69, 9.17) is 18.0 Å². The molecule has 0 amide bonds. The third kappa shape index (κ3) is 3.06. The topological polar surface area (TPSA) is 29.3 Å². The third-order valence-corrected chi connectivity index (χ3v) is 3.80. The maximum absolute atomic E-state index is 14.1. The minimum atomic E-state index is -0.273. The van der Waals surface area contributed by atoms with Crippen molar-refractivity contribution < 1.29 is 4.39 Å². The normalized spacial score (nSPS) is 15.7. The van der Waals surface area contributed by atoms with Crippen LogP contribution in [0.5, 0.6) is 0 Å². The van der Waals surface area contributed by atoms with Crippen LogP contribution in [0.3, 0.4) is 0 Å². The van der Waals surface area contributed by atoms with Gasteiger partial charge in [-0.15, -0.1) is 0 Å². The van der Waals surface area contributed by atoms with Crippen LogP contribution in [0, 0.1) is 11.7 Å². The van der Waals surface area contributed by atoms with Gasteiger partial charge in [0.2, 0.25) is 0 Å². The number of hydrogen-bond acceptors (Lipinski definition) is 2. The lowest BCUT2D eigenvalue weighted by Crippen LogP contribution is -2.29. The number of benzene rings is 1. The molecule has 1 saturated carbocycles. The van der Waals surface area contributed by atoms with Crippen molar-refractivity contribution in [1.29, 1.82) is 0 Å². The third-order valence-electron chi connectivity index (χ3n) is 3.58. The van der Waals surface area contributed by atoms with E-state index >= 15 is 0 Å². The molecule has 1 aromatic carbocycles. The van der Waals surface area contributed by atoms with Crippen molar-refractivity contribution in [3.63, 3.8) is 0 Å². The fourth-order valence-corrected chi connectivity index (χ4v) is 2.52. The fraction of sp³-hybridized carbons (Fsp3) is 0.500. The van der Waals surface area contributed by atoms with Crippen LogP contribution in [0.4, 0.5) is 4.39 Å². The summed E-state index contributed by atoms with van der Waals surface area (Å²) in [4.78, 5) is 2.29. The molecule has 0 aromatic heterocycles. The molecule has 1 aliphatic carbocycles. The first-order valence-corrected chi connectivity index (χ1v) is 6.74. The zero-order chi connectivity index (χ0) is 13.1. The van der Waals surface area contributed by atoms with E-state index in [0.29, 0.717) is 17.7 Å². The zero-order valence-corrected chi connectivity index (χ0v) is 11.5. The van der Waals surface area contributed by atoms with Gasteiger partial charge in [0.1, 0.15) is 10.8 Å². The zero-order valence-electron chi connectivity index (χ0n) is 10.7. The van der Waals surface area contributed by atoms with Crippen molar-refractivity contribution in [1.82, 2.24) is 4.90 Å². The summed E-state index contributed by atoms with van der Waals surface area (Å²) >= 11 is 4.84. The van der Waals surface area contributed by atoms with E-state index in [0.717, 1.165) is 12.5 Å². The van der Waals surface area contributed by atoms with Crippen molar-refractivity contribution in [2.45, 2.75) is 25.8 Å². The minimum Gasteiger partial charge on any atom is -0.389 e. The Morgan fingerprint density at radius 2 is 2.22 bits per heavy atom. The Labute approximate surface area is 113 Å². The number of halogens is 1. The van der Waals surface area contributed by atoms with Crippen LogP contribution in [0.25, 0.3) is 0 Å². The molecule has 1 aliphatic rings. The molecule has 4 heteroatoms. The summed E-state index contributed by atoms with van der Waals surface area (Å²) < 4.78 is 14.1. The second-order valence-corrected chi connectivity index (χ2v) is 5.58. The van der Waals surface area contributed by atoms with Gasteiger partial charge in [0, 0.05) is 24.2 Å². The van der Waals surface area contributed by atoms with E-state index in [2.05, 4.69) is 4.90 Å². The van der Waals surface area contributed by atoms with Gasteiger partial charge < -0.3 is 10.6 Å². The monoisotopic (exact) mass is 266 g/mol. The minimum absolute atomic E-state index is 0.121. The molecule has 2 N–H and O–H groups in total. The molecule has 0 aliphatic heterocycles. The summed E-state index contributed by atoms with van der Waals surface area (Å²) in [6.07, 6.45) is 3.95. The van der Waals surface area contributed by atoms with Gasteiger partial charge in [0.15, 0.2) is 0 Å². The molecule has 0 radical (unpaired) electrons. The van der Waals surface area contributed by atoms with Crippen LogP contribution in [0.2, 0.25) is 0 Å². The van der Waals surface area contributed by atoms with Crippen molar-refractivity contribution in [2.75, 3.05) is 13.6 Å². The van der Waals surface area contributed by atoms with Crippen molar-refractivity contribution >= 4 is 17.2 Å². The predicted octanol–water partition coefficient (Wildman–Crippen LogP) is 2.69. The molecule has 0 spiro atoms. The Bertz CT molecular complexity index is 443. The van der Waals surface area contributed by atoms with Crippen LogP contribution in [-0.4, -0.2) is 23.5 Å². The molecule has 0 bridgehead atoms. The molecule has 0 saturated heterocycles. The molecule has 98 valence electrons. The highest BCUT2D eigenvalue weighted by Gasteiger charge is 2.20. The first kappa shape index (κ1) is 13.4. The van der Waals surface area contributed by atoms with Gasteiger partial charge in [0.05, 0.1) is 0 Å². The second-order valence-electron chi connectivity index (χ2n) is 5.14. The Kier molecular flexibility index (Phi) is 4.30. The average molecular weight is 266 g/mol. The maximum atomic E-state index is 14.1. The van der Waals surface area contributed by atoms with Crippen LogP contribution in [0.1, 0.15) is 30.4 Å². The Hall–Kier alpha value is -1.00. The van der Waals surface area contributed by atoms with Gasteiger partial charge in [-0.2, -0.15) is 0 Å². The number of nitrogens with two attached hydrogens (primary N) is 1. The lowest BCUT2D eigenvalue weighted by Gasteiger charge is -2.30.